The van der Waals surface area contributed by atoms with E-state index in [1.54, 1.807) is 31.2 Å². The van der Waals surface area contributed by atoms with E-state index in [4.69, 9.17) is 21.4 Å². The molecule has 1 rings (SSSR count). The number of carboxylic acid groups (broad SMARTS) is 1. The molecule has 0 aromatic heterocycles. The van der Waals surface area contributed by atoms with Gasteiger partial charge in [-0.2, -0.15) is 10.2 Å². The van der Waals surface area contributed by atoms with Crippen LogP contribution in [0.15, 0.2) is 34.5 Å². The Morgan fingerprint density at radius 3 is 2.57 bits per heavy atom. The summed E-state index contributed by atoms with van der Waals surface area (Å²) in [6.07, 6.45) is 0.590. The molecule has 21 heavy (non-hydrogen) atoms. The number of rotatable bonds is 8. The SMILES string of the molecule is CCOC(=O)C(CCCC(=O)O)N=Nc1ccc(Cl)cc1. The number of aliphatic carboxylic acids is 1. The summed E-state index contributed by atoms with van der Waals surface area (Å²) >= 11 is 5.76. The van der Waals surface area contributed by atoms with E-state index in [0.29, 0.717) is 17.1 Å². The van der Waals surface area contributed by atoms with Gasteiger partial charge in [0.05, 0.1) is 12.3 Å². The second-order valence-corrected chi connectivity index (χ2v) is 4.68. The number of azo groups is 1. The molecule has 0 radical (unpaired) electrons. The normalized spacial score (nSPS) is 12.3. The molecule has 0 bridgehead atoms. The highest BCUT2D eigenvalue weighted by Gasteiger charge is 2.19. The van der Waals surface area contributed by atoms with Crippen molar-refractivity contribution in [1.29, 1.82) is 0 Å². The van der Waals surface area contributed by atoms with Crippen LogP contribution in [0.25, 0.3) is 0 Å². The van der Waals surface area contributed by atoms with E-state index in [9.17, 15) is 9.59 Å². The highest BCUT2D eigenvalue weighted by Crippen LogP contribution is 2.18. The van der Waals surface area contributed by atoms with E-state index in [0.717, 1.165) is 0 Å². The number of ether oxygens (including phenoxy) is 1. The number of benzene rings is 1. The molecule has 1 aromatic rings. The van der Waals surface area contributed by atoms with Crippen molar-refractivity contribution >= 4 is 29.2 Å². The third kappa shape index (κ3) is 6.85. The van der Waals surface area contributed by atoms with Crippen LogP contribution in [0.4, 0.5) is 5.69 Å². The number of hydrogen-bond donors (Lipinski definition) is 1. The highest BCUT2D eigenvalue weighted by molar-refractivity contribution is 6.30. The number of carbonyl (C=O) groups is 2. The van der Waals surface area contributed by atoms with Crippen molar-refractivity contribution in [2.75, 3.05) is 6.61 Å². The average Bonchev–Trinajstić information content (AvgIpc) is 2.44. The first-order chi connectivity index (χ1) is 10.0. The van der Waals surface area contributed by atoms with Crippen molar-refractivity contribution in [2.24, 2.45) is 10.2 Å². The molecule has 0 amide bonds. The van der Waals surface area contributed by atoms with Crippen molar-refractivity contribution < 1.29 is 19.4 Å². The first kappa shape index (κ1) is 17.1. The Kier molecular flexibility index (Phi) is 7.39. The van der Waals surface area contributed by atoms with E-state index in [1.165, 1.54) is 0 Å². The Morgan fingerprint density at radius 2 is 2.00 bits per heavy atom. The van der Waals surface area contributed by atoms with Crippen LogP contribution in [0, 0.1) is 0 Å². The Labute approximate surface area is 127 Å². The maximum atomic E-state index is 11.7. The van der Waals surface area contributed by atoms with Crippen LogP contribution in [-0.2, 0) is 14.3 Å². The van der Waals surface area contributed by atoms with Gasteiger partial charge in [0.1, 0.15) is 0 Å². The monoisotopic (exact) mass is 312 g/mol. The number of nitrogens with zero attached hydrogens (tertiary/aromatic N) is 2. The van der Waals surface area contributed by atoms with Gasteiger partial charge in [0.15, 0.2) is 6.04 Å². The molecule has 0 heterocycles. The molecule has 6 nitrogen and oxygen atoms in total. The molecule has 1 atom stereocenters. The van der Waals surface area contributed by atoms with Gasteiger partial charge in [0.2, 0.25) is 0 Å². The minimum Gasteiger partial charge on any atom is -0.481 e. The van der Waals surface area contributed by atoms with Crippen molar-refractivity contribution in [1.82, 2.24) is 0 Å². The maximum Gasteiger partial charge on any atom is 0.332 e. The van der Waals surface area contributed by atoms with Crippen LogP contribution in [0.1, 0.15) is 26.2 Å². The van der Waals surface area contributed by atoms with Gasteiger partial charge in [-0.25, -0.2) is 4.79 Å². The van der Waals surface area contributed by atoms with Crippen LogP contribution < -0.4 is 0 Å². The summed E-state index contributed by atoms with van der Waals surface area (Å²) < 4.78 is 4.91. The van der Waals surface area contributed by atoms with Gasteiger partial charge < -0.3 is 9.84 Å². The van der Waals surface area contributed by atoms with Crippen LogP contribution in [0.5, 0.6) is 0 Å². The van der Waals surface area contributed by atoms with Gasteiger partial charge in [0.25, 0.3) is 0 Å². The predicted molar refractivity (Wildman–Crippen MR) is 77.9 cm³/mol. The first-order valence-corrected chi connectivity index (χ1v) is 6.95. The van der Waals surface area contributed by atoms with Gasteiger partial charge in [-0.1, -0.05) is 11.6 Å². The van der Waals surface area contributed by atoms with E-state index in [2.05, 4.69) is 10.2 Å². The van der Waals surface area contributed by atoms with Gasteiger partial charge in [-0.05, 0) is 44.0 Å². The third-order valence-corrected chi connectivity index (χ3v) is 2.82. The summed E-state index contributed by atoms with van der Waals surface area (Å²) in [5, 5.41) is 17.1. The lowest BCUT2D eigenvalue weighted by Crippen LogP contribution is -2.21. The van der Waals surface area contributed by atoms with Gasteiger partial charge in [-0.15, -0.1) is 0 Å². The van der Waals surface area contributed by atoms with Gasteiger partial charge >= 0.3 is 11.9 Å². The summed E-state index contributed by atoms with van der Waals surface area (Å²) in [6, 6.07) is 5.88. The van der Waals surface area contributed by atoms with Crippen LogP contribution in [0.2, 0.25) is 5.02 Å². The maximum absolute atomic E-state index is 11.7. The molecular formula is C14H17ClN2O4. The third-order valence-electron chi connectivity index (χ3n) is 2.57. The van der Waals surface area contributed by atoms with Crippen molar-refractivity contribution in [3.8, 4) is 0 Å². The molecule has 0 aliphatic rings. The molecule has 0 fully saturated rings. The molecule has 0 spiro atoms. The van der Waals surface area contributed by atoms with Gasteiger partial charge in [0, 0.05) is 11.4 Å². The molecule has 0 saturated carbocycles. The molecule has 0 aliphatic carbocycles. The zero-order chi connectivity index (χ0) is 15.7. The number of carbonyl (C=O) groups excluding carboxylic acids is 1. The van der Waals surface area contributed by atoms with Crippen molar-refractivity contribution in [3.05, 3.63) is 29.3 Å². The minimum absolute atomic E-state index is 0.0215. The first-order valence-electron chi connectivity index (χ1n) is 6.57. The predicted octanol–water partition coefficient (Wildman–Crippen LogP) is 3.61. The van der Waals surface area contributed by atoms with Crippen LogP contribution >= 0.6 is 11.6 Å². The highest BCUT2D eigenvalue weighted by atomic mass is 35.5. The number of carboxylic acids is 1. The Balaban J connectivity index is 2.68. The van der Waals surface area contributed by atoms with Crippen LogP contribution in [0.3, 0.4) is 0 Å². The summed E-state index contributed by atoms with van der Waals surface area (Å²) in [7, 11) is 0. The minimum atomic E-state index is -0.910. The number of hydrogen-bond acceptors (Lipinski definition) is 5. The Morgan fingerprint density at radius 1 is 1.33 bits per heavy atom. The molecule has 0 saturated heterocycles. The fraction of sp³-hybridized carbons (Fsp3) is 0.429. The topological polar surface area (TPSA) is 88.3 Å². The van der Waals surface area contributed by atoms with Crippen molar-refractivity contribution in [3.63, 3.8) is 0 Å². The fourth-order valence-electron chi connectivity index (χ4n) is 1.55. The number of esters is 1. The molecular weight excluding hydrogens is 296 g/mol. The molecule has 7 heteroatoms. The molecule has 1 aromatic carbocycles. The van der Waals surface area contributed by atoms with Crippen LogP contribution in [-0.4, -0.2) is 29.7 Å². The summed E-state index contributed by atoms with van der Waals surface area (Å²) in [4.78, 5) is 22.3. The molecule has 1 unspecified atom stereocenters. The van der Waals surface area contributed by atoms with Gasteiger partial charge in [-0.3, -0.25) is 4.79 Å². The molecule has 0 aliphatic heterocycles. The largest absolute Gasteiger partial charge is 0.481 e. The van der Waals surface area contributed by atoms with E-state index in [-0.39, 0.29) is 19.4 Å². The zero-order valence-electron chi connectivity index (χ0n) is 11.7. The average molecular weight is 313 g/mol. The second kappa shape index (κ2) is 9.07. The quantitative estimate of drug-likeness (QED) is 0.586. The summed E-state index contributed by atoms with van der Waals surface area (Å²) in [5.74, 6) is -1.41. The lowest BCUT2D eigenvalue weighted by Gasteiger charge is -2.09. The standard InChI is InChI=1S/C14H17ClN2O4/c1-2-21-14(20)12(4-3-5-13(18)19)17-16-11-8-6-10(15)7-9-11/h6-9,12H,2-5H2,1H3,(H,18,19). The number of halogens is 1. The lowest BCUT2D eigenvalue weighted by molar-refractivity contribution is -0.145. The molecule has 1 N–H and O–H groups in total. The second-order valence-electron chi connectivity index (χ2n) is 4.25. The Hall–Kier alpha value is -1.95. The molecule has 114 valence electrons. The van der Waals surface area contributed by atoms with E-state index in [1.807, 2.05) is 0 Å². The lowest BCUT2D eigenvalue weighted by atomic mass is 10.1. The summed E-state index contributed by atoms with van der Waals surface area (Å²) in [6.45, 7) is 1.94. The summed E-state index contributed by atoms with van der Waals surface area (Å²) in [5.41, 5.74) is 0.562. The van der Waals surface area contributed by atoms with Crippen molar-refractivity contribution in [2.45, 2.75) is 32.2 Å². The van der Waals surface area contributed by atoms with E-state index < -0.39 is 18.0 Å². The zero-order valence-corrected chi connectivity index (χ0v) is 12.4. The smallest absolute Gasteiger partial charge is 0.332 e. The Bertz CT molecular complexity index is 502. The fourth-order valence-corrected chi connectivity index (χ4v) is 1.68. The van der Waals surface area contributed by atoms with E-state index >= 15 is 0 Å².